The highest BCUT2D eigenvalue weighted by atomic mass is 32.1. The van der Waals surface area contributed by atoms with Gasteiger partial charge in [0.25, 0.3) is 5.91 Å². The van der Waals surface area contributed by atoms with Crippen molar-refractivity contribution in [1.82, 2.24) is 15.6 Å². The molecule has 4 nitrogen and oxygen atoms in total. The Morgan fingerprint density at radius 3 is 3.21 bits per heavy atom. The molecule has 1 atom stereocenters. The third-order valence-electron chi connectivity index (χ3n) is 2.35. The number of amides is 1. The van der Waals surface area contributed by atoms with Crippen LogP contribution < -0.4 is 10.6 Å². The van der Waals surface area contributed by atoms with Gasteiger partial charge in [-0.15, -0.1) is 11.3 Å². The summed E-state index contributed by atoms with van der Waals surface area (Å²) in [6.45, 7) is 3.73. The SMILES string of the molecule is Cc1ncsc1C(=O)N[C@H]1CCNC1. The second-order valence-corrected chi connectivity index (χ2v) is 4.28. The molecule has 14 heavy (non-hydrogen) atoms. The van der Waals surface area contributed by atoms with Crippen molar-refractivity contribution in [2.75, 3.05) is 13.1 Å². The molecule has 1 amide bonds. The van der Waals surface area contributed by atoms with Gasteiger partial charge in [0.1, 0.15) is 4.88 Å². The van der Waals surface area contributed by atoms with Crippen LogP contribution in [0.25, 0.3) is 0 Å². The van der Waals surface area contributed by atoms with Gasteiger partial charge in [0.05, 0.1) is 11.2 Å². The molecule has 2 heterocycles. The van der Waals surface area contributed by atoms with Crippen LogP contribution in [0.15, 0.2) is 5.51 Å². The summed E-state index contributed by atoms with van der Waals surface area (Å²) in [5.41, 5.74) is 2.52. The van der Waals surface area contributed by atoms with Crippen molar-refractivity contribution in [1.29, 1.82) is 0 Å². The molecular weight excluding hydrogens is 198 g/mol. The zero-order chi connectivity index (χ0) is 9.97. The number of aromatic nitrogens is 1. The van der Waals surface area contributed by atoms with E-state index in [1.807, 2.05) is 6.92 Å². The molecule has 0 saturated carbocycles. The first-order chi connectivity index (χ1) is 6.77. The quantitative estimate of drug-likeness (QED) is 0.751. The van der Waals surface area contributed by atoms with Crippen LogP contribution in [0.3, 0.4) is 0 Å². The Labute approximate surface area is 86.7 Å². The monoisotopic (exact) mass is 211 g/mol. The molecule has 0 radical (unpaired) electrons. The molecule has 76 valence electrons. The van der Waals surface area contributed by atoms with E-state index in [-0.39, 0.29) is 11.9 Å². The highest BCUT2D eigenvalue weighted by Crippen LogP contribution is 2.12. The Morgan fingerprint density at radius 2 is 2.64 bits per heavy atom. The highest BCUT2D eigenvalue weighted by Gasteiger charge is 2.19. The van der Waals surface area contributed by atoms with Crippen LogP contribution in [-0.4, -0.2) is 30.0 Å². The second-order valence-electron chi connectivity index (χ2n) is 3.43. The average Bonchev–Trinajstić information content (AvgIpc) is 2.75. The summed E-state index contributed by atoms with van der Waals surface area (Å²) in [5.74, 6) is 0.0127. The number of aryl methyl sites for hydroxylation is 1. The predicted molar refractivity (Wildman–Crippen MR) is 55.6 cm³/mol. The molecule has 0 aromatic carbocycles. The van der Waals surface area contributed by atoms with Gasteiger partial charge in [-0.3, -0.25) is 4.79 Å². The van der Waals surface area contributed by atoms with E-state index in [9.17, 15) is 4.79 Å². The first-order valence-electron chi connectivity index (χ1n) is 4.69. The van der Waals surface area contributed by atoms with Gasteiger partial charge < -0.3 is 10.6 Å². The number of carbonyl (C=O) groups excluding carboxylic acids is 1. The van der Waals surface area contributed by atoms with E-state index >= 15 is 0 Å². The summed E-state index contributed by atoms with van der Waals surface area (Å²) >= 11 is 1.40. The summed E-state index contributed by atoms with van der Waals surface area (Å²) < 4.78 is 0. The smallest absolute Gasteiger partial charge is 0.263 e. The van der Waals surface area contributed by atoms with Gasteiger partial charge in [-0.1, -0.05) is 0 Å². The van der Waals surface area contributed by atoms with E-state index in [1.54, 1.807) is 5.51 Å². The summed E-state index contributed by atoms with van der Waals surface area (Å²) in [5, 5.41) is 6.20. The van der Waals surface area contributed by atoms with Crippen molar-refractivity contribution >= 4 is 17.2 Å². The molecule has 2 N–H and O–H groups in total. The standard InChI is InChI=1S/C9H13N3OS/c1-6-8(14-5-11-6)9(13)12-7-2-3-10-4-7/h5,7,10H,2-4H2,1H3,(H,12,13)/t7-/m0/s1. The van der Waals surface area contributed by atoms with Crippen LogP contribution in [0.4, 0.5) is 0 Å². The molecule has 0 bridgehead atoms. The van der Waals surface area contributed by atoms with Crippen LogP contribution in [0.2, 0.25) is 0 Å². The zero-order valence-corrected chi connectivity index (χ0v) is 8.86. The average molecular weight is 211 g/mol. The maximum absolute atomic E-state index is 11.7. The van der Waals surface area contributed by atoms with Crippen LogP contribution in [0.5, 0.6) is 0 Å². The molecule has 1 aromatic heterocycles. The lowest BCUT2D eigenvalue weighted by Crippen LogP contribution is -2.36. The third kappa shape index (κ3) is 1.93. The molecule has 1 aliphatic heterocycles. The van der Waals surface area contributed by atoms with E-state index < -0.39 is 0 Å². The van der Waals surface area contributed by atoms with E-state index in [0.717, 1.165) is 30.1 Å². The van der Waals surface area contributed by atoms with Crippen molar-refractivity contribution in [3.8, 4) is 0 Å². The molecule has 2 rings (SSSR count). The fourth-order valence-corrected chi connectivity index (χ4v) is 2.25. The predicted octanol–water partition coefficient (Wildman–Crippen LogP) is 0.543. The van der Waals surface area contributed by atoms with Crippen molar-refractivity contribution in [2.45, 2.75) is 19.4 Å². The minimum absolute atomic E-state index is 0.0127. The molecule has 1 saturated heterocycles. The van der Waals surface area contributed by atoms with E-state index in [0.29, 0.717) is 0 Å². The number of nitrogens with one attached hydrogen (secondary N) is 2. The minimum atomic E-state index is 0.0127. The lowest BCUT2D eigenvalue weighted by Gasteiger charge is -2.09. The largest absolute Gasteiger partial charge is 0.347 e. The molecule has 1 aromatic rings. The summed E-state index contributed by atoms with van der Waals surface area (Å²) in [7, 11) is 0. The van der Waals surface area contributed by atoms with Crippen molar-refractivity contribution in [3.05, 3.63) is 16.1 Å². The molecule has 1 aliphatic rings. The van der Waals surface area contributed by atoms with Gasteiger partial charge in [0.15, 0.2) is 0 Å². The highest BCUT2D eigenvalue weighted by molar-refractivity contribution is 7.11. The topological polar surface area (TPSA) is 54.0 Å². The number of nitrogens with zero attached hydrogens (tertiary/aromatic N) is 1. The lowest BCUT2D eigenvalue weighted by molar-refractivity contribution is 0.0943. The van der Waals surface area contributed by atoms with Crippen LogP contribution in [0.1, 0.15) is 21.8 Å². The normalized spacial score (nSPS) is 21.1. The van der Waals surface area contributed by atoms with Gasteiger partial charge in [0.2, 0.25) is 0 Å². The number of thiazole rings is 1. The van der Waals surface area contributed by atoms with Crippen molar-refractivity contribution in [3.63, 3.8) is 0 Å². The maximum atomic E-state index is 11.7. The fraction of sp³-hybridized carbons (Fsp3) is 0.556. The first kappa shape index (κ1) is 9.61. The number of rotatable bonds is 2. The van der Waals surface area contributed by atoms with Gasteiger partial charge in [-0.2, -0.15) is 0 Å². The minimum Gasteiger partial charge on any atom is -0.347 e. The van der Waals surface area contributed by atoms with Crippen molar-refractivity contribution < 1.29 is 4.79 Å². The third-order valence-corrected chi connectivity index (χ3v) is 3.27. The Bertz CT molecular complexity index is 331. The zero-order valence-electron chi connectivity index (χ0n) is 8.04. The van der Waals surface area contributed by atoms with Crippen LogP contribution >= 0.6 is 11.3 Å². The summed E-state index contributed by atoms with van der Waals surface area (Å²) in [6, 6.07) is 0.281. The number of hydrogen-bond donors (Lipinski definition) is 2. The Balaban J connectivity index is 1.98. The van der Waals surface area contributed by atoms with E-state index in [2.05, 4.69) is 15.6 Å². The van der Waals surface area contributed by atoms with E-state index in [4.69, 9.17) is 0 Å². The molecule has 5 heteroatoms. The molecule has 0 unspecified atom stereocenters. The fourth-order valence-electron chi connectivity index (χ4n) is 1.55. The molecule has 1 fully saturated rings. The maximum Gasteiger partial charge on any atom is 0.263 e. The Kier molecular flexibility index (Phi) is 2.79. The number of hydrogen-bond acceptors (Lipinski definition) is 4. The van der Waals surface area contributed by atoms with E-state index in [1.165, 1.54) is 11.3 Å². The Hall–Kier alpha value is -0.940. The Morgan fingerprint density at radius 1 is 1.79 bits per heavy atom. The molecule has 0 aliphatic carbocycles. The van der Waals surface area contributed by atoms with Gasteiger partial charge in [-0.05, 0) is 19.9 Å². The van der Waals surface area contributed by atoms with Crippen LogP contribution in [-0.2, 0) is 0 Å². The van der Waals surface area contributed by atoms with Crippen LogP contribution in [0, 0.1) is 6.92 Å². The molecule has 0 spiro atoms. The van der Waals surface area contributed by atoms with Gasteiger partial charge in [-0.25, -0.2) is 4.98 Å². The van der Waals surface area contributed by atoms with Gasteiger partial charge in [0, 0.05) is 12.6 Å². The molecular formula is C9H13N3OS. The summed E-state index contributed by atoms with van der Waals surface area (Å²) in [6.07, 6.45) is 1.02. The second kappa shape index (κ2) is 4.06. The van der Waals surface area contributed by atoms with Crippen molar-refractivity contribution in [2.24, 2.45) is 0 Å². The van der Waals surface area contributed by atoms with Gasteiger partial charge >= 0.3 is 0 Å². The first-order valence-corrected chi connectivity index (χ1v) is 5.57. The summed E-state index contributed by atoms with van der Waals surface area (Å²) in [4.78, 5) is 16.5. The number of carbonyl (C=O) groups is 1. The lowest BCUT2D eigenvalue weighted by atomic mass is 10.2.